The van der Waals surface area contributed by atoms with Gasteiger partial charge in [-0.25, -0.2) is 0 Å². The molecule has 1 aliphatic rings. The number of ether oxygens (including phenoxy) is 1. The van der Waals surface area contributed by atoms with Crippen molar-refractivity contribution in [3.05, 3.63) is 30.3 Å². The average molecular weight is 503 g/mol. The van der Waals surface area contributed by atoms with Crippen LogP contribution in [0.1, 0.15) is 27.2 Å². The quantitative estimate of drug-likeness (QED) is 0.235. The fourth-order valence-electron chi connectivity index (χ4n) is 3.22. The van der Waals surface area contributed by atoms with Gasteiger partial charge < -0.3 is 20.3 Å². The molecule has 1 aliphatic heterocycles. The van der Waals surface area contributed by atoms with Crippen molar-refractivity contribution in [1.82, 2.24) is 15.5 Å². The van der Waals surface area contributed by atoms with E-state index in [1.165, 1.54) is 5.69 Å². The summed E-state index contributed by atoms with van der Waals surface area (Å²) in [4.78, 5) is 9.59. The molecule has 0 spiro atoms. The highest BCUT2D eigenvalue weighted by Crippen LogP contribution is 2.16. The van der Waals surface area contributed by atoms with Crippen LogP contribution in [-0.4, -0.2) is 75.9 Å². The molecule has 0 aliphatic carbocycles. The van der Waals surface area contributed by atoms with Crippen LogP contribution < -0.4 is 15.5 Å². The molecule has 1 aromatic rings. The summed E-state index contributed by atoms with van der Waals surface area (Å²) in [7, 11) is 2.14. The van der Waals surface area contributed by atoms with Gasteiger partial charge in [0.25, 0.3) is 0 Å². The van der Waals surface area contributed by atoms with Crippen molar-refractivity contribution in [3.8, 4) is 0 Å². The number of hydrogen-bond acceptors (Lipinski definition) is 4. The van der Waals surface area contributed by atoms with Crippen molar-refractivity contribution >= 4 is 35.6 Å². The Morgan fingerprint density at radius 3 is 2.50 bits per heavy atom. The van der Waals surface area contributed by atoms with Crippen LogP contribution in [0.3, 0.4) is 0 Å². The number of halogens is 1. The smallest absolute Gasteiger partial charge is 0.191 e. The van der Waals surface area contributed by atoms with Gasteiger partial charge in [0.15, 0.2) is 5.96 Å². The molecule has 7 heteroatoms. The molecule has 1 heterocycles. The lowest BCUT2D eigenvalue weighted by atomic mass is 10.0. The van der Waals surface area contributed by atoms with E-state index in [0.717, 1.165) is 64.9 Å². The van der Waals surface area contributed by atoms with Crippen molar-refractivity contribution in [1.29, 1.82) is 0 Å². The highest BCUT2D eigenvalue weighted by Gasteiger charge is 2.28. The third-order valence-electron chi connectivity index (χ3n) is 5.00. The number of hydrogen-bond donors (Lipinski definition) is 2. The first kappa shape index (κ1) is 25.0. The van der Waals surface area contributed by atoms with Gasteiger partial charge in [-0.1, -0.05) is 18.2 Å². The maximum Gasteiger partial charge on any atom is 0.191 e. The minimum atomic E-state index is 0. The summed E-state index contributed by atoms with van der Waals surface area (Å²) < 4.78 is 5.47. The van der Waals surface area contributed by atoms with E-state index in [4.69, 9.17) is 9.73 Å². The van der Waals surface area contributed by atoms with Gasteiger partial charge in [-0.15, -0.1) is 24.0 Å². The maximum atomic E-state index is 5.47. The Morgan fingerprint density at radius 1 is 1.18 bits per heavy atom. The van der Waals surface area contributed by atoms with E-state index in [1.54, 1.807) is 0 Å². The Balaban J connectivity index is 0.00000392. The van der Waals surface area contributed by atoms with Gasteiger partial charge in [0.1, 0.15) is 0 Å². The minimum absolute atomic E-state index is 0. The monoisotopic (exact) mass is 503 g/mol. The molecule has 0 unspecified atom stereocenters. The van der Waals surface area contributed by atoms with Crippen LogP contribution in [0, 0.1) is 0 Å². The topological polar surface area (TPSA) is 52.1 Å². The number of morpholine rings is 1. The molecular weight excluding hydrogens is 465 g/mol. The van der Waals surface area contributed by atoms with Gasteiger partial charge in [-0.05, 0) is 39.3 Å². The molecule has 0 amide bonds. The second-order valence-electron chi connectivity index (χ2n) is 7.64. The molecule has 28 heavy (non-hydrogen) atoms. The molecule has 2 rings (SSSR count). The lowest BCUT2D eigenvalue weighted by Gasteiger charge is -2.39. The number of rotatable bonds is 9. The minimum Gasteiger partial charge on any atom is -0.379 e. The lowest BCUT2D eigenvalue weighted by Crippen LogP contribution is -2.52. The van der Waals surface area contributed by atoms with Crippen molar-refractivity contribution in [2.45, 2.75) is 32.7 Å². The number of guanidine groups is 1. The summed E-state index contributed by atoms with van der Waals surface area (Å²) in [5.74, 6) is 0.904. The van der Waals surface area contributed by atoms with Crippen LogP contribution in [0.25, 0.3) is 0 Å². The molecule has 0 saturated carbocycles. The summed E-state index contributed by atoms with van der Waals surface area (Å²) >= 11 is 0. The van der Waals surface area contributed by atoms with E-state index in [0.29, 0.717) is 0 Å². The van der Waals surface area contributed by atoms with Gasteiger partial charge in [0, 0.05) is 51.0 Å². The number of anilines is 1. The van der Waals surface area contributed by atoms with E-state index in [2.05, 4.69) is 78.6 Å². The Kier molecular flexibility index (Phi) is 11.8. The summed E-state index contributed by atoms with van der Waals surface area (Å²) in [5, 5.41) is 6.83. The zero-order chi connectivity index (χ0) is 19.5. The summed E-state index contributed by atoms with van der Waals surface area (Å²) in [6.45, 7) is 13.8. The molecule has 0 bridgehead atoms. The van der Waals surface area contributed by atoms with Gasteiger partial charge in [0.2, 0.25) is 0 Å². The zero-order valence-electron chi connectivity index (χ0n) is 17.9. The van der Waals surface area contributed by atoms with E-state index in [1.807, 2.05) is 0 Å². The largest absolute Gasteiger partial charge is 0.379 e. The zero-order valence-corrected chi connectivity index (χ0v) is 20.2. The van der Waals surface area contributed by atoms with E-state index >= 15 is 0 Å². The first-order valence-corrected chi connectivity index (χ1v) is 10.1. The second-order valence-corrected chi connectivity index (χ2v) is 7.64. The lowest BCUT2D eigenvalue weighted by molar-refractivity contribution is -0.00683. The fourth-order valence-corrected chi connectivity index (χ4v) is 3.22. The predicted molar refractivity (Wildman–Crippen MR) is 130 cm³/mol. The van der Waals surface area contributed by atoms with Gasteiger partial charge in [0.05, 0.1) is 19.8 Å². The Labute approximate surface area is 188 Å². The van der Waals surface area contributed by atoms with Crippen molar-refractivity contribution in [2.75, 3.05) is 64.4 Å². The number of aliphatic imine (C=N–C) groups is 1. The maximum absolute atomic E-state index is 5.47. The standard InChI is InChI=1S/C21H37N5O.HI/c1-5-22-20(24-18-21(2,3)26-14-16-27-17-15-26)23-12-9-13-25(4)19-10-7-6-8-11-19;/h6-8,10-11H,5,9,12-18H2,1-4H3,(H2,22,23,24);1H. The molecule has 0 radical (unpaired) electrons. The van der Waals surface area contributed by atoms with Gasteiger partial charge in [-0.2, -0.15) is 0 Å². The van der Waals surface area contributed by atoms with Gasteiger partial charge >= 0.3 is 0 Å². The molecule has 0 aromatic heterocycles. The number of nitrogens with one attached hydrogen (secondary N) is 2. The summed E-state index contributed by atoms with van der Waals surface area (Å²) in [5.41, 5.74) is 1.30. The highest BCUT2D eigenvalue weighted by molar-refractivity contribution is 14.0. The van der Waals surface area contributed by atoms with Crippen molar-refractivity contribution in [2.24, 2.45) is 4.99 Å². The third-order valence-corrected chi connectivity index (χ3v) is 5.00. The fraction of sp³-hybridized carbons (Fsp3) is 0.667. The first-order valence-electron chi connectivity index (χ1n) is 10.1. The third kappa shape index (κ3) is 8.53. The van der Waals surface area contributed by atoms with E-state index in [-0.39, 0.29) is 29.5 Å². The number of para-hydroxylation sites is 1. The van der Waals surface area contributed by atoms with Crippen LogP contribution in [0.15, 0.2) is 35.3 Å². The number of benzene rings is 1. The Morgan fingerprint density at radius 2 is 1.86 bits per heavy atom. The van der Waals surface area contributed by atoms with E-state index < -0.39 is 0 Å². The molecule has 2 N–H and O–H groups in total. The molecular formula is C21H38IN5O. The Bertz CT molecular complexity index is 561. The van der Waals surface area contributed by atoms with Crippen LogP contribution in [0.5, 0.6) is 0 Å². The predicted octanol–water partition coefficient (Wildman–Crippen LogP) is 2.80. The van der Waals surface area contributed by atoms with Crippen molar-refractivity contribution < 1.29 is 4.74 Å². The molecule has 160 valence electrons. The van der Waals surface area contributed by atoms with Crippen LogP contribution in [-0.2, 0) is 4.74 Å². The van der Waals surface area contributed by atoms with Crippen LogP contribution >= 0.6 is 24.0 Å². The average Bonchev–Trinajstić information content (AvgIpc) is 2.70. The summed E-state index contributed by atoms with van der Waals surface area (Å²) in [6, 6.07) is 10.5. The molecule has 1 fully saturated rings. The van der Waals surface area contributed by atoms with Crippen LogP contribution in [0.4, 0.5) is 5.69 Å². The Hall–Kier alpha value is -1.06. The van der Waals surface area contributed by atoms with Crippen molar-refractivity contribution in [3.63, 3.8) is 0 Å². The van der Waals surface area contributed by atoms with E-state index in [9.17, 15) is 0 Å². The SMILES string of the molecule is CCNC(=NCC(C)(C)N1CCOCC1)NCCCN(C)c1ccccc1.I. The first-order chi connectivity index (χ1) is 13.0. The van der Waals surface area contributed by atoms with Crippen LogP contribution in [0.2, 0.25) is 0 Å². The molecule has 0 atom stereocenters. The normalized spacial score (nSPS) is 15.6. The number of nitrogens with zero attached hydrogens (tertiary/aromatic N) is 3. The molecule has 1 saturated heterocycles. The second kappa shape index (κ2) is 13.2. The molecule has 6 nitrogen and oxygen atoms in total. The van der Waals surface area contributed by atoms with Gasteiger partial charge in [-0.3, -0.25) is 9.89 Å². The summed E-state index contributed by atoms with van der Waals surface area (Å²) in [6.07, 6.45) is 1.06. The highest BCUT2D eigenvalue weighted by atomic mass is 127. The molecule has 1 aromatic carbocycles.